The van der Waals surface area contributed by atoms with Gasteiger partial charge in [0.2, 0.25) is 5.95 Å². The lowest BCUT2D eigenvalue weighted by molar-refractivity contribution is 0.101. The molecule has 126 valence electrons. The molecule has 0 saturated heterocycles. The summed E-state index contributed by atoms with van der Waals surface area (Å²) >= 11 is 0. The fourth-order valence-corrected chi connectivity index (χ4v) is 2.30. The van der Waals surface area contributed by atoms with Crippen LogP contribution in [0.2, 0.25) is 0 Å². The predicted molar refractivity (Wildman–Crippen MR) is 91.2 cm³/mol. The normalized spacial score (nSPS) is 10.5. The fraction of sp³-hybridized carbons (Fsp3) is 0.176. The van der Waals surface area contributed by atoms with E-state index >= 15 is 0 Å². The molecule has 3 aromatic heterocycles. The molecule has 8 nitrogen and oxygen atoms in total. The number of Topliss-reactive ketones (excluding diaryl/α,β-unsaturated/α-hetero) is 1. The molecule has 3 rings (SSSR count). The Morgan fingerprint density at radius 3 is 2.60 bits per heavy atom. The van der Waals surface area contributed by atoms with Crippen molar-refractivity contribution in [2.75, 3.05) is 5.32 Å². The highest BCUT2D eigenvalue weighted by molar-refractivity contribution is 6.04. The average molecular weight is 336 g/mol. The molecule has 0 atom stereocenters. The van der Waals surface area contributed by atoms with Gasteiger partial charge in [0.05, 0.1) is 0 Å². The first kappa shape index (κ1) is 16.4. The monoisotopic (exact) mass is 336 g/mol. The minimum absolute atomic E-state index is 0.108. The van der Waals surface area contributed by atoms with Gasteiger partial charge in [-0.3, -0.25) is 19.9 Å². The van der Waals surface area contributed by atoms with Gasteiger partial charge >= 0.3 is 0 Å². The van der Waals surface area contributed by atoms with E-state index in [1.165, 1.54) is 13.0 Å². The van der Waals surface area contributed by atoms with Crippen LogP contribution in [0.3, 0.4) is 0 Å². The summed E-state index contributed by atoms with van der Waals surface area (Å²) in [5, 5.41) is 2.64. The number of nitrogens with zero attached hydrogens (tertiary/aromatic N) is 5. The summed E-state index contributed by atoms with van der Waals surface area (Å²) in [6.45, 7) is 3.16. The molecule has 0 spiro atoms. The van der Waals surface area contributed by atoms with Gasteiger partial charge in [0.15, 0.2) is 11.6 Å². The molecule has 0 radical (unpaired) electrons. The molecule has 0 aromatic carbocycles. The highest BCUT2D eigenvalue weighted by Gasteiger charge is 2.16. The van der Waals surface area contributed by atoms with Crippen LogP contribution in [0, 0.1) is 6.92 Å². The highest BCUT2D eigenvalue weighted by atomic mass is 16.2. The molecule has 1 N–H and O–H groups in total. The van der Waals surface area contributed by atoms with Crippen molar-refractivity contribution in [3.63, 3.8) is 0 Å². The lowest BCUT2D eigenvalue weighted by atomic mass is 10.2. The van der Waals surface area contributed by atoms with E-state index in [-0.39, 0.29) is 11.7 Å². The maximum absolute atomic E-state index is 12.5. The van der Waals surface area contributed by atoms with Gasteiger partial charge in [0, 0.05) is 25.0 Å². The number of carbonyl (C=O) groups excluding carboxylic acids is 2. The third kappa shape index (κ3) is 3.57. The van der Waals surface area contributed by atoms with Crippen LogP contribution in [-0.2, 0) is 7.05 Å². The number of anilines is 1. The summed E-state index contributed by atoms with van der Waals surface area (Å²) in [5.74, 6) is 0.446. The molecular formula is C17H16N6O2. The average Bonchev–Trinajstić information content (AvgIpc) is 2.97. The first-order valence-corrected chi connectivity index (χ1v) is 7.57. The fourth-order valence-electron chi connectivity index (χ4n) is 2.30. The molecule has 0 fully saturated rings. The Hall–Kier alpha value is -3.42. The summed E-state index contributed by atoms with van der Waals surface area (Å²) in [6.07, 6.45) is 3.25. The van der Waals surface area contributed by atoms with Gasteiger partial charge in [0.1, 0.15) is 17.2 Å². The van der Waals surface area contributed by atoms with Crippen LogP contribution in [0.5, 0.6) is 0 Å². The Labute approximate surface area is 144 Å². The summed E-state index contributed by atoms with van der Waals surface area (Å²) in [6, 6.07) is 6.93. The number of ketones is 1. The van der Waals surface area contributed by atoms with E-state index in [0.29, 0.717) is 28.6 Å². The summed E-state index contributed by atoms with van der Waals surface area (Å²) in [5.41, 5.74) is 1.39. The second kappa shape index (κ2) is 6.60. The van der Waals surface area contributed by atoms with Crippen LogP contribution in [0.4, 0.5) is 5.95 Å². The first-order chi connectivity index (χ1) is 11.9. The zero-order valence-electron chi connectivity index (χ0n) is 14.0. The van der Waals surface area contributed by atoms with Crippen LogP contribution >= 0.6 is 0 Å². The SMILES string of the molecule is CC(=O)c1cc(C(=O)Nc2nc(C)nc(-c3ccccn3)n2)n(C)c1. The van der Waals surface area contributed by atoms with Crippen LogP contribution in [0.1, 0.15) is 33.6 Å². The second-order valence-corrected chi connectivity index (χ2v) is 5.48. The molecule has 3 heterocycles. The van der Waals surface area contributed by atoms with Gasteiger partial charge < -0.3 is 4.57 Å². The maximum atomic E-state index is 12.5. The van der Waals surface area contributed by atoms with Crippen LogP contribution in [0.25, 0.3) is 11.5 Å². The molecule has 0 aliphatic heterocycles. The van der Waals surface area contributed by atoms with Crippen molar-refractivity contribution in [3.8, 4) is 11.5 Å². The minimum Gasteiger partial charge on any atom is -0.346 e. The number of aryl methyl sites for hydroxylation is 2. The molecule has 8 heteroatoms. The molecule has 1 amide bonds. The van der Waals surface area contributed by atoms with Gasteiger partial charge in [-0.15, -0.1) is 0 Å². The van der Waals surface area contributed by atoms with Crippen LogP contribution < -0.4 is 5.32 Å². The smallest absolute Gasteiger partial charge is 0.274 e. The Morgan fingerprint density at radius 1 is 1.16 bits per heavy atom. The predicted octanol–water partition coefficient (Wildman–Crippen LogP) is 2.04. The largest absolute Gasteiger partial charge is 0.346 e. The van der Waals surface area contributed by atoms with E-state index in [9.17, 15) is 9.59 Å². The molecule has 3 aromatic rings. The van der Waals surface area contributed by atoms with Crippen molar-refractivity contribution in [1.82, 2.24) is 24.5 Å². The van der Waals surface area contributed by atoms with Crippen LogP contribution in [-0.4, -0.2) is 36.2 Å². The molecular weight excluding hydrogens is 320 g/mol. The number of rotatable bonds is 4. The van der Waals surface area contributed by atoms with Crippen molar-refractivity contribution < 1.29 is 9.59 Å². The number of pyridine rings is 1. The molecule has 0 aliphatic carbocycles. The van der Waals surface area contributed by atoms with E-state index < -0.39 is 5.91 Å². The Balaban J connectivity index is 1.89. The highest BCUT2D eigenvalue weighted by Crippen LogP contribution is 2.14. The summed E-state index contributed by atoms with van der Waals surface area (Å²) in [4.78, 5) is 40.8. The van der Waals surface area contributed by atoms with E-state index in [2.05, 4.69) is 25.3 Å². The van der Waals surface area contributed by atoms with Gasteiger partial charge in [0.25, 0.3) is 5.91 Å². The van der Waals surface area contributed by atoms with E-state index in [1.807, 2.05) is 6.07 Å². The zero-order valence-corrected chi connectivity index (χ0v) is 14.0. The maximum Gasteiger partial charge on any atom is 0.274 e. The number of carbonyl (C=O) groups is 2. The van der Waals surface area contributed by atoms with Gasteiger partial charge in [-0.25, -0.2) is 4.98 Å². The van der Waals surface area contributed by atoms with E-state index in [0.717, 1.165) is 0 Å². The van der Waals surface area contributed by atoms with Crippen molar-refractivity contribution in [2.45, 2.75) is 13.8 Å². The van der Waals surface area contributed by atoms with Crippen LogP contribution in [0.15, 0.2) is 36.7 Å². The third-order valence-electron chi connectivity index (χ3n) is 3.51. The number of hydrogen-bond acceptors (Lipinski definition) is 6. The van der Waals surface area contributed by atoms with E-state index in [1.54, 1.807) is 43.1 Å². The third-order valence-corrected chi connectivity index (χ3v) is 3.51. The Kier molecular flexibility index (Phi) is 4.34. The van der Waals surface area contributed by atoms with Gasteiger partial charge in [-0.1, -0.05) is 6.07 Å². The van der Waals surface area contributed by atoms with Crippen molar-refractivity contribution >= 4 is 17.6 Å². The summed E-state index contributed by atoms with van der Waals surface area (Å²) < 4.78 is 1.58. The lowest BCUT2D eigenvalue weighted by Gasteiger charge is -2.07. The second-order valence-electron chi connectivity index (χ2n) is 5.48. The minimum atomic E-state index is -0.410. The van der Waals surface area contributed by atoms with Gasteiger partial charge in [-0.2, -0.15) is 9.97 Å². The zero-order chi connectivity index (χ0) is 18.0. The molecule has 0 aliphatic rings. The molecule has 0 unspecified atom stereocenters. The molecule has 0 bridgehead atoms. The van der Waals surface area contributed by atoms with Crippen molar-refractivity contribution in [2.24, 2.45) is 7.05 Å². The topological polar surface area (TPSA) is 103 Å². The lowest BCUT2D eigenvalue weighted by Crippen LogP contribution is -2.18. The van der Waals surface area contributed by atoms with Crippen molar-refractivity contribution in [1.29, 1.82) is 0 Å². The summed E-state index contributed by atoms with van der Waals surface area (Å²) in [7, 11) is 1.69. The van der Waals surface area contributed by atoms with E-state index in [4.69, 9.17) is 0 Å². The quantitative estimate of drug-likeness (QED) is 0.731. The van der Waals surface area contributed by atoms with Gasteiger partial charge in [-0.05, 0) is 32.0 Å². The first-order valence-electron chi connectivity index (χ1n) is 7.57. The molecule has 25 heavy (non-hydrogen) atoms. The number of aromatic nitrogens is 5. The standard InChI is InChI=1S/C17H16N6O2/c1-10(24)12-8-14(23(3)9-12)16(25)22-17-20-11(2)19-15(21-17)13-6-4-5-7-18-13/h4-9H,1-3H3,(H,19,20,21,22,25). The van der Waals surface area contributed by atoms with Crippen molar-refractivity contribution in [3.05, 3.63) is 53.7 Å². The Morgan fingerprint density at radius 2 is 1.96 bits per heavy atom. The number of amides is 1. The number of hydrogen-bond donors (Lipinski definition) is 1. The molecule has 0 saturated carbocycles. The Bertz CT molecular complexity index is 949. The number of nitrogens with one attached hydrogen (secondary N) is 1.